The first-order valence-corrected chi connectivity index (χ1v) is 10.5. The van der Waals surface area contributed by atoms with Crippen molar-refractivity contribution < 1.29 is 0 Å². The SMILES string of the molecule is CCC=C(CC)[SiH2]C(c1ccccc1)(c1ccccc1)n1ccnc1. The van der Waals surface area contributed by atoms with E-state index in [4.69, 9.17) is 0 Å². The Morgan fingerprint density at radius 3 is 2.04 bits per heavy atom. The minimum Gasteiger partial charge on any atom is -0.326 e. The number of nitrogens with zero attached hydrogens (tertiary/aromatic N) is 2. The topological polar surface area (TPSA) is 17.8 Å². The van der Waals surface area contributed by atoms with Gasteiger partial charge in [-0.1, -0.05) is 85.8 Å². The highest BCUT2D eigenvalue weighted by Crippen LogP contribution is 2.35. The molecule has 0 fully saturated rings. The number of hydrogen-bond acceptors (Lipinski definition) is 1. The Bertz CT molecular complexity index is 753. The first kappa shape index (κ1) is 17.4. The molecule has 0 aliphatic carbocycles. The second-order valence-electron chi connectivity index (χ2n) is 6.36. The molecule has 0 aliphatic rings. The van der Waals surface area contributed by atoms with E-state index in [1.807, 2.05) is 12.5 Å². The average Bonchev–Trinajstić information content (AvgIpc) is 3.22. The quantitative estimate of drug-likeness (QED) is 0.576. The van der Waals surface area contributed by atoms with Gasteiger partial charge in [-0.15, -0.1) is 0 Å². The lowest BCUT2D eigenvalue weighted by Crippen LogP contribution is -2.42. The third-order valence-corrected chi connectivity index (χ3v) is 7.81. The van der Waals surface area contributed by atoms with Crippen molar-refractivity contribution in [2.24, 2.45) is 0 Å². The van der Waals surface area contributed by atoms with Crippen LogP contribution in [-0.2, 0) is 5.16 Å². The Kier molecular flexibility index (Phi) is 5.66. The Morgan fingerprint density at radius 1 is 1.00 bits per heavy atom. The molecule has 25 heavy (non-hydrogen) atoms. The summed E-state index contributed by atoms with van der Waals surface area (Å²) in [4.78, 5) is 4.38. The van der Waals surface area contributed by atoms with Crippen LogP contribution in [0.4, 0.5) is 0 Å². The van der Waals surface area contributed by atoms with Crippen LogP contribution in [0.5, 0.6) is 0 Å². The van der Waals surface area contributed by atoms with Gasteiger partial charge in [-0.2, -0.15) is 0 Å². The van der Waals surface area contributed by atoms with Crippen molar-refractivity contribution in [1.82, 2.24) is 9.55 Å². The fraction of sp³-hybridized carbons (Fsp3) is 0.227. The lowest BCUT2D eigenvalue weighted by molar-refractivity contribution is 0.594. The van der Waals surface area contributed by atoms with Crippen molar-refractivity contribution in [3.8, 4) is 0 Å². The maximum Gasteiger partial charge on any atom is 0.0954 e. The van der Waals surface area contributed by atoms with E-state index in [0.717, 1.165) is 12.8 Å². The molecule has 3 aromatic rings. The molecule has 0 N–H and O–H groups in total. The summed E-state index contributed by atoms with van der Waals surface area (Å²) in [5, 5.41) is 1.47. The van der Waals surface area contributed by atoms with Crippen molar-refractivity contribution in [2.75, 3.05) is 0 Å². The van der Waals surface area contributed by atoms with E-state index in [1.54, 1.807) is 5.20 Å². The molecule has 2 nitrogen and oxygen atoms in total. The maximum absolute atomic E-state index is 4.38. The van der Waals surface area contributed by atoms with Gasteiger partial charge in [0.1, 0.15) is 0 Å². The van der Waals surface area contributed by atoms with E-state index >= 15 is 0 Å². The van der Waals surface area contributed by atoms with Gasteiger partial charge in [0.2, 0.25) is 0 Å². The van der Waals surface area contributed by atoms with Gasteiger partial charge in [-0.3, -0.25) is 0 Å². The third-order valence-electron chi connectivity index (χ3n) is 4.88. The molecule has 0 unspecified atom stereocenters. The van der Waals surface area contributed by atoms with Crippen LogP contribution in [0.25, 0.3) is 0 Å². The first-order valence-electron chi connectivity index (χ1n) is 9.08. The minimum absolute atomic E-state index is 0.143. The van der Waals surface area contributed by atoms with E-state index in [-0.39, 0.29) is 5.16 Å². The molecule has 0 saturated heterocycles. The van der Waals surface area contributed by atoms with E-state index in [1.165, 1.54) is 11.1 Å². The van der Waals surface area contributed by atoms with Crippen LogP contribution >= 0.6 is 0 Å². The van der Waals surface area contributed by atoms with E-state index in [0.29, 0.717) is 0 Å². The lowest BCUT2D eigenvalue weighted by atomic mass is 9.97. The third kappa shape index (κ3) is 3.52. The zero-order chi connectivity index (χ0) is 17.5. The van der Waals surface area contributed by atoms with E-state index in [2.05, 4.69) is 96.3 Å². The van der Waals surface area contributed by atoms with Crippen LogP contribution in [0.3, 0.4) is 0 Å². The van der Waals surface area contributed by atoms with Gasteiger partial charge >= 0.3 is 0 Å². The van der Waals surface area contributed by atoms with Crippen molar-refractivity contribution in [1.29, 1.82) is 0 Å². The highest BCUT2D eigenvalue weighted by atomic mass is 28.2. The van der Waals surface area contributed by atoms with Crippen LogP contribution in [-0.4, -0.2) is 19.1 Å². The van der Waals surface area contributed by atoms with Gasteiger partial charge < -0.3 is 4.57 Å². The standard InChI is InChI=1S/C22H26N2Si/c1-3-11-21(4-2)25-22(24-17-16-23-18-24,19-12-7-5-8-13-19)20-14-9-6-10-15-20/h5-18H,3-4,25H2,1-2H3. The fourth-order valence-electron chi connectivity index (χ4n) is 3.63. The Labute approximate surface area is 153 Å². The van der Waals surface area contributed by atoms with Gasteiger partial charge in [0.15, 0.2) is 0 Å². The first-order chi connectivity index (χ1) is 12.3. The second-order valence-corrected chi connectivity index (χ2v) is 8.65. The maximum atomic E-state index is 4.38. The summed E-state index contributed by atoms with van der Waals surface area (Å²) in [6, 6.07) is 21.8. The monoisotopic (exact) mass is 346 g/mol. The summed E-state index contributed by atoms with van der Waals surface area (Å²) in [5.74, 6) is 0. The van der Waals surface area contributed by atoms with Gasteiger partial charge in [-0.25, -0.2) is 4.98 Å². The minimum atomic E-state index is -0.660. The smallest absolute Gasteiger partial charge is 0.0954 e. The number of hydrogen-bond donors (Lipinski definition) is 0. The molecule has 2 aromatic carbocycles. The van der Waals surface area contributed by atoms with Gasteiger partial charge in [0, 0.05) is 12.4 Å². The molecule has 128 valence electrons. The van der Waals surface area contributed by atoms with Gasteiger partial charge in [-0.05, 0) is 24.0 Å². The molecule has 0 saturated carbocycles. The van der Waals surface area contributed by atoms with Crippen LogP contribution in [0.2, 0.25) is 0 Å². The number of allylic oxidation sites excluding steroid dienone is 2. The fourth-order valence-corrected chi connectivity index (χ4v) is 6.22. The molecule has 0 radical (unpaired) electrons. The Hall–Kier alpha value is -2.39. The number of imidazole rings is 1. The van der Waals surface area contributed by atoms with Crippen LogP contribution in [0, 0.1) is 0 Å². The van der Waals surface area contributed by atoms with Gasteiger partial charge in [0.05, 0.1) is 21.0 Å². The van der Waals surface area contributed by atoms with Crippen LogP contribution in [0.1, 0.15) is 37.8 Å². The van der Waals surface area contributed by atoms with E-state index in [9.17, 15) is 0 Å². The molecule has 0 bridgehead atoms. The Balaban J connectivity index is 2.26. The number of rotatable bonds is 7. The van der Waals surface area contributed by atoms with Crippen LogP contribution < -0.4 is 0 Å². The normalized spacial score (nSPS) is 12.8. The predicted molar refractivity (Wildman–Crippen MR) is 108 cm³/mol. The van der Waals surface area contributed by atoms with Crippen molar-refractivity contribution in [3.05, 3.63) is 102 Å². The van der Waals surface area contributed by atoms with Gasteiger partial charge in [0.25, 0.3) is 0 Å². The molecule has 3 rings (SSSR count). The average molecular weight is 347 g/mol. The highest BCUT2D eigenvalue weighted by Gasteiger charge is 2.36. The Morgan fingerprint density at radius 2 is 1.60 bits per heavy atom. The molecule has 0 atom stereocenters. The molecule has 0 spiro atoms. The molecular weight excluding hydrogens is 320 g/mol. The molecule has 3 heteroatoms. The highest BCUT2D eigenvalue weighted by molar-refractivity contribution is 6.50. The predicted octanol–water partition coefficient (Wildman–Crippen LogP) is 4.51. The summed E-state index contributed by atoms with van der Waals surface area (Å²) < 4.78 is 2.32. The number of benzene rings is 2. The molecular formula is C22H26N2Si. The molecule has 1 aromatic heterocycles. The van der Waals surface area contributed by atoms with E-state index < -0.39 is 9.52 Å². The summed E-state index contributed by atoms with van der Waals surface area (Å²) >= 11 is 0. The van der Waals surface area contributed by atoms with Crippen LogP contribution in [0.15, 0.2) is 90.7 Å². The van der Waals surface area contributed by atoms with Crippen molar-refractivity contribution in [3.63, 3.8) is 0 Å². The molecule has 1 heterocycles. The molecule has 0 amide bonds. The second kappa shape index (κ2) is 8.12. The zero-order valence-corrected chi connectivity index (χ0v) is 16.5. The van der Waals surface area contributed by atoms with Crippen molar-refractivity contribution in [2.45, 2.75) is 31.9 Å². The summed E-state index contributed by atoms with van der Waals surface area (Å²) in [6.07, 6.45) is 10.6. The zero-order valence-electron chi connectivity index (χ0n) is 15.1. The summed E-state index contributed by atoms with van der Waals surface area (Å²) in [7, 11) is -0.660. The number of aromatic nitrogens is 2. The summed E-state index contributed by atoms with van der Waals surface area (Å²) in [6.45, 7) is 4.51. The lowest BCUT2D eigenvalue weighted by Gasteiger charge is -2.37. The largest absolute Gasteiger partial charge is 0.326 e. The molecule has 0 aliphatic heterocycles. The van der Waals surface area contributed by atoms with Crippen molar-refractivity contribution >= 4 is 9.52 Å². The summed E-state index contributed by atoms with van der Waals surface area (Å²) in [5.41, 5.74) is 2.70.